The third-order valence-corrected chi connectivity index (χ3v) is 4.83. The number of para-hydroxylation sites is 1. The lowest BCUT2D eigenvalue weighted by Crippen LogP contribution is -2.20. The molecule has 0 bridgehead atoms. The number of methoxy groups -OCH3 is 2. The van der Waals surface area contributed by atoms with Crippen molar-refractivity contribution in [2.75, 3.05) is 14.2 Å². The fourth-order valence-corrected chi connectivity index (χ4v) is 3.27. The summed E-state index contributed by atoms with van der Waals surface area (Å²) in [7, 11) is 3.11. The van der Waals surface area contributed by atoms with Gasteiger partial charge in [-0.3, -0.25) is 9.79 Å². The van der Waals surface area contributed by atoms with Crippen molar-refractivity contribution in [1.29, 1.82) is 0 Å². The van der Waals surface area contributed by atoms with E-state index in [0.717, 1.165) is 5.69 Å². The molecule has 150 valence electrons. The second kappa shape index (κ2) is 8.13. The van der Waals surface area contributed by atoms with Crippen LogP contribution in [0.5, 0.6) is 17.4 Å². The number of aromatic hydroxyl groups is 1. The third-order valence-electron chi connectivity index (χ3n) is 4.83. The summed E-state index contributed by atoms with van der Waals surface area (Å²) in [5.74, 6) is 1.01. The molecule has 0 spiro atoms. The van der Waals surface area contributed by atoms with Crippen LogP contribution in [0.15, 0.2) is 82.6 Å². The van der Waals surface area contributed by atoms with Crippen LogP contribution in [0, 0.1) is 0 Å². The van der Waals surface area contributed by atoms with Crippen LogP contribution >= 0.6 is 0 Å². The van der Waals surface area contributed by atoms with Crippen molar-refractivity contribution in [3.05, 3.63) is 88.7 Å². The normalized spacial score (nSPS) is 11.1. The molecule has 0 unspecified atom stereocenters. The molecule has 3 aromatic carbocycles. The number of aromatic nitrogens is 1. The van der Waals surface area contributed by atoms with Crippen molar-refractivity contribution in [2.24, 2.45) is 4.99 Å². The lowest BCUT2D eigenvalue weighted by atomic mass is 10.1. The van der Waals surface area contributed by atoms with Crippen LogP contribution in [0.1, 0.15) is 5.56 Å². The predicted molar refractivity (Wildman–Crippen MR) is 118 cm³/mol. The highest BCUT2D eigenvalue weighted by Crippen LogP contribution is 2.29. The van der Waals surface area contributed by atoms with Gasteiger partial charge in [0, 0.05) is 11.6 Å². The van der Waals surface area contributed by atoms with E-state index in [0.29, 0.717) is 33.5 Å². The smallest absolute Gasteiger partial charge is 0.265 e. The molecule has 0 saturated carbocycles. The molecule has 4 rings (SSSR count). The largest absolute Gasteiger partial charge is 0.497 e. The first-order valence-corrected chi connectivity index (χ1v) is 9.31. The molecule has 6 heteroatoms. The molecular formula is C24H20N2O4. The Labute approximate surface area is 173 Å². The van der Waals surface area contributed by atoms with E-state index >= 15 is 0 Å². The number of ether oxygens (including phenoxy) is 2. The Balaban J connectivity index is 1.99. The highest BCUT2D eigenvalue weighted by molar-refractivity contribution is 6.02. The Kier molecular flexibility index (Phi) is 5.22. The van der Waals surface area contributed by atoms with Crippen molar-refractivity contribution in [1.82, 2.24) is 4.57 Å². The first-order chi connectivity index (χ1) is 14.6. The van der Waals surface area contributed by atoms with Gasteiger partial charge in [-0.05, 0) is 54.6 Å². The molecular weight excluding hydrogens is 380 g/mol. The Morgan fingerprint density at radius 1 is 0.867 bits per heavy atom. The van der Waals surface area contributed by atoms with Gasteiger partial charge in [0.1, 0.15) is 11.5 Å². The van der Waals surface area contributed by atoms with Gasteiger partial charge in [0.2, 0.25) is 5.88 Å². The maximum Gasteiger partial charge on any atom is 0.265 e. The van der Waals surface area contributed by atoms with E-state index in [-0.39, 0.29) is 11.4 Å². The zero-order valence-corrected chi connectivity index (χ0v) is 16.6. The van der Waals surface area contributed by atoms with Gasteiger partial charge in [0.25, 0.3) is 5.56 Å². The highest BCUT2D eigenvalue weighted by Gasteiger charge is 2.17. The van der Waals surface area contributed by atoms with E-state index in [2.05, 4.69) is 4.99 Å². The van der Waals surface area contributed by atoms with Crippen molar-refractivity contribution in [2.45, 2.75) is 0 Å². The Morgan fingerprint density at radius 3 is 2.20 bits per heavy atom. The molecule has 0 aliphatic rings. The molecule has 1 aromatic heterocycles. The SMILES string of the molecule is COc1ccc(-n2c(O)c(C=Nc3ccccc3)c3ccc(OC)cc3c2=O)cc1. The molecule has 1 N–H and O–H groups in total. The van der Waals surface area contributed by atoms with Gasteiger partial charge < -0.3 is 14.6 Å². The lowest BCUT2D eigenvalue weighted by Gasteiger charge is -2.14. The van der Waals surface area contributed by atoms with Gasteiger partial charge in [0.05, 0.1) is 36.5 Å². The maximum absolute atomic E-state index is 13.3. The molecule has 0 aliphatic carbocycles. The topological polar surface area (TPSA) is 73.1 Å². The molecule has 0 aliphatic heterocycles. The van der Waals surface area contributed by atoms with Crippen molar-refractivity contribution in [3.8, 4) is 23.1 Å². The summed E-state index contributed by atoms with van der Waals surface area (Å²) in [6.07, 6.45) is 1.57. The Hall–Kier alpha value is -4.06. The summed E-state index contributed by atoms with van der Waals surface area (Å²) in [5, 5.41) is 12.1. The highest BCUT2D eigenvalue weighted by atomic mass is 16.5. The molecule has 4 aromatic rings. The number of aliphatic imine (C=N–C) groups is 1. The minimum Gasteiger partial charge on any atom is -0.497 e. The summed E-state index contributed by atoms with van der Waals surface area (Å²) >= 11 is 0. The first kappa shape index (κ1) is 19.3. The van der Waals surface area contributed by atoms with Crippen LogP contribution in [0.2, 0.25) is 0 Å². The fourth-order valence-electron chi connectivity index (χ4n) is 3.27. The molecule has 30 heavy (non-hydrogen) atoms. The van der Waals surface area contributed by atoms with Crippen LogP contribution in [-0.2, 0) is 0 Å². The number of hydrogen-bond donors (Lipinski definition) is 1. The Morgan fingerprint density at radius 2 is 1.53 bits per heavy atom. The zero-order valence-electron chi connectivity index (χ0n) is 16.6. The van der Waals surface area contributed by atoms with Gasteiger partial charge in [-0.15, -0.1) is 0 Å². The zero-order chi connectivity index (χ0) is 21.1. The molecule has 0 radical (unpaired) electrons. The van der Waals surface area contributed by atoms with Crippen LogP contribution in [0.25, 0.3) is 16.5 Å². The monoisotopic (exact) mass is 400 g/mol. The van der Waals surface area contributed by atoms with Crippen molar-refractivity contribution in [3.63, 3.8) is 0 Å². The fraction of sp³-hybridized carbons (Fsp3) is 0.0833. The maximum atomic E-state index is 13.3. The average Bonchev–Trinajstić information content (AvgIpc) is 2.80. The lowest BCUT2D eigenvalue weighted by molar-refractivity contribution is 0.414. The van der Waals surface area contributed by atoms with Gasteiger partial charge in [0.15, 0.2) is 0 Å². The number of pyridine rings is 1. The van der Waals surface area contributed by atoms with E-state index < -0.39 is 0 Å². The van der Waals surface area contributed by atoms with E-state index in [1.807, 2.05) is 30.3 Å². The van der Waals surface area contributed by atoms with E-state index in [1.165, 1.54) is 4.57 Å². The summed E-state index contributed by atoms with van der Waals surface area (Å²) in [6, 6.07) is 21.4. The van der Waals surface area contributed by atoms with Gasteiger partial charge in [-0.1, -0.05) is 18.2 Å². The van der Waals surface area contributed by atoms with Gasteiger partial charge >= 0.3 is 0 Å². The molecule has 0 amide bonds. The van der Waals surface area contributed by atoms with Crippen LogP contribution < -0.4 is 15.0 Å². The molecule has 6 nitrogen and oxygen atoms in total. The van der Waals surface area contributed by atoms with Crippen LogP contribution in [0.4, 0.5) is 5.69 Å². The van der Waals surface area contributed by atoms with Crippen molar-refractivity contribution >= 4 is 22.7 Å². The summed E-state index contributed by atoms with van der Waals surface area (Å²) in [5.41, 5.74) is 1.33. The summed E-state index contributed by atoms with van der Waals surface area (Å²) in [6.45, 7) is 0. The van der Waals surface area contributed by atoms with Gasteiger partial charge in [-0.2, -0.15) is 0 Å². The number of benzene rings is 3. The van der Waals surface area contributed by atoms with Crippen molar-refractivity contribution < 1.29 is 14.6 Å². The van der Waals surface area contributed by atoms with Gasteiger partial charge in [-0.25, -0.2) is 4.57 Å². The van der Waals surface area contributed by atoms with Crippen LogP contribution in [0.3, 0.4) is 0 Å². The number of rotatable bonds is 5. The minimum absolute atomic E-state index is 0.192. The van der Waals surface area contributed by atoms with E-state index in [9.17, 15) is 9.90 Å². The molecule has 1 heterocycles. The summed E-state index contributed by atoms with van der Waals surface area (Å²) < 4.78 is 11.7. The quantitative estimate of drug-likeness (QED) is 0.502. The average molecular weight is 400 g/mol. The number of fused-ring (bicyclic) bond motifs is 1. The molecule has 0 saturated heterocycles. The second-order valence-electron chi connectivity index (χ2n) is 6.58. The Bertz CT molecular complexity index is 1280. The minimum atomic E-state index is -0.358. The number of nitrogens with zero attached hydrogens (tertiary/aromatic N) is 2. The first-order valence-electron chi connectivity index (χ1n) is 9.31. The standard InChI is InChI=1S/C24H20N2O4/c1-29-18-10-8-17(9-11-18)26-23(27)21-14-19(30-2)12-13-20(21)22(24(26)28)15-25-16-6-4-3-5-7-16/h3-15,28H,1-2H3. The third kappa shape index (κ3) is 3.51. The molecule has 0 fully saturated rings. The van der Waals surface area contributed by atoms with E-state index in [1.54, 1.807) is 62.9 Å². The van der Waals surface area contributed by atoms with Crippen LogP contribution in [-0.4, -0.2) is 30.1 Å². The molecule has 0 atom stereocenters. The second-order valence-corrected chi connectivity index (χ2v) is 6.58. The summed E-state index contributed by atoms with van der Waals surface area (Å²) in [4.78, 5) is 17.7. The number of hydrogen-bond acceptors (Lipinski definition) is 5. The predicted octanol–water partition coefficient (Wildman–Crippen LogP) is 4.46. The van der Waals surface area contributed by atoms with E-state index in [4.69, 9.17) is 9.47 Å².